The number of ether oxygens (including phenoxy) is 1. The molecule has 2 rings (SSSR count). The predicted octanol–water partition coefficient (Wildman–Crippen LogP) is 2.76. The van der Waals surface area contributed by atoms with E-state index in [1.54, 1.807) is 14.0 Å². The average molecular weight is 326 g/mol. The van der Waals surface area contributed by atoms with Crippen LogP contribution in [0.5, 0.6) is 0 Å². The van der Waals surface area contributed by atoms with Gasteiger partial charge in [-0.15, -0.1) is 0 Å². The highest BCUT2D eigenvalue weighted by Gasteiger charge is 2.59. The third kappa shape index (κ3) is 2.66. The van der Waals surface area contributed by atoms with Gasteiger partial charge in [0.05, 0.1) is 6.61 Å². The SMILES string of the molecule is CCOC(=O)C1(C(=O)N(C)c2ccc(Br)cc2)CC1. The van der Waals surface area contributed by atoms with Gasteiger partial charge in [0.1, 0.15) is 5.41 Å². The second kappa shape index (κ2) is 5.33. The van der Waals surface area contributed by atoms with Crippen molar-refractivity contribution < 1.29 is 14.3 Å². The van der Waals surface area contributed by atoms with E-state index in [-0.39, 0.29) is 5.91 Å². The molecule has 102 valence electrons. The van der Waals surface area contributed by atoms with E-state index >= 15 is 0 Å². The molecule has 0 unspecified atom stereocenters. The lowest BCUT2D eigenvalue weighted by molar-refractivity contribution is -0.153. The summed E-state index contributed by atoms with van der Waals surface area (Å²) in [5.41, 5.74) is -0.179. The Balaban J connectivity index is 2.15. The van der Waals surface area contributed by atoms with Crippen molar-refractivity contribution in [2.45, 2.75) is 19.8 Å². The van der Waals surface area contributed by atoms with Crippen molar-refractivity contribution in [1.82, 2.24) is 0 Å². The first-order valence-electron chi connectivity index (χ1n) is 6.22. The standard InChI is InChI=1S/C14H16BrNO3/c1-3-19-13(18)14(8-9-14)12(17)16(2)11-6-4-10(15)5-7-11/h4-7H,3,8-9H2,1-2H3. The fourth-order valence-corrected chi connectivity index (χ4v) is 2.27. The number of hydrogen-bond donors (Lipinski definition) is 0. The smallest absolute Gasteiger partial charge is 0.321 e. The van der Waals surface area contributed by atoms with Gasteiger partial charge in [-0.05, 0) is 44.0 Å². The number of carbonyl (C=O) groups excluding carboxylic acids is 2. The summed E-state index contributed by atoms with van der Waals surface area (Å²) in [5.74, 6) is -0.586. The summed E-state index contributed by atoms with van der Waals surface area (Å²) in [5, 5.41) is 0. The molecule has 19 heavy (non-hydrogen) atoms. The van der Waals surface area contributed by atoms with Gasteiger partial charge in [-0.2, -0.15) is 0 Å². The Morgan fingerprint density at radius 3 is 2.37 bits per heavy atom. The molecule has 1 aliphatic carbocycles. The minimum Gasteiger partial charge on any atom is -0.465 e. The summed E-state index contributed by atoms with van der Waals surface area (Å²) in [6.07, 6.45) is 1.15. The van der Waals surface area contributed by atoms with E-state index in [0.717, 1.165) is 10.2 Å². The number of benzene rings is 1. The molecule has 1 amide bonds. The second-order valence-corrected chi connectivity index (χ2v) is 5.56. The van der Waals surface area contributed by atoms with Crippen molar-refractivity contribution >= 4 is 33.5 Å². The van der Waals surface area contributed by atoms with Crippen LogP contribution in [0, 0.1) is 5.41 Å². The molecule has 1 fully saturated rings. The first kappa shape index (κ1) is 14.1. The molecule has 5 heteroatoms. The molecule has 1 aromatic rings. The van der Waals surface area contributed by atoms with Crippen LogP contribution in [-0.2, 0) is 14.3 Å². The Morgan fingerprint density at radius 2 is 1.89 bits per heavy atom. The van der Waals surface area contributed by atoms with Gasteiger partial charge in [0, 0.05) is 17.2 Å². The van der Waals surface area contributed by atoms with Crippen LogP contribution in [0.1, 0.15) is 19.8 Å². The van der Waals surface area contributed by atoms with Crippen LogP contribution >= 0.6 is 15.9 Å². The maximum atomic E-state index is 12.4. The average Bonchev–Trinajstić information content (AvgIpc) is 3.20. The van der Waals surface area contributed by atoms with Crippen LogP contribution in [0.25, 0.3) is 0 Å². The van der Waals surface area contributed by atoms with Crippen molar-refractivity contribution in [3.05, 3.63) is 28.7 Å². The molecule has 1 aliphatic rings. The molecule has 0 spiro atoms. The van der Waals surface area contributed by atoms with Crippen LogP contribution in [0.3, 0.4) is 0 Å². The Morgan fingerprint density at radius 1 is 1.32 bits per heavy atom. The number of anilines is 1. The zero-order valence-electron chi connectivity index (χ0n) is 11.0. The molecule has 0 atom stereocenters. The van der Waals surface area contributed by atoms with Gasteiger partial charge in [0.25, 0.3) is 0 Å². The maximum absolute atomic E-state index is 12.4. The minimum atomic E-state index is -0.947. The fourth-order valence-electron chi connectivity index (χ4n) is 2.00. The quantitative estimate of drug-likeness (QED) is 0.631. The van der Waals surface area contributed by atoms with E-state index in [1.807, 2.05) is 24.3 Å². The Bertz CT molecular complexity index is 494. The summed E-state index contributed by atoms with van der Waals surface area (Å²) >= 11 is 3.35. The molecule has 1 aromatic carbocycles. The largest absolute Gasteiger partial charge is 0.465 e. The molecule has 4 nitrogen and oxygen atoms in total. The van der Waals surface area contributed by atoms with Gasteiger partial charge < -0.3 is 9.64 Å². The molecule has 1 saturated carbocycles. The third-order valence-corrected chi connectivity index (χ3v) is 3.87. The number of carbonyl (C=O) groups is 2. The Labute approximate surface area is 120 Å². The lowest BCUT2D eigenvalue weighted by Gasteiger charge is -2.22. The molecule has 0 aromatic heterocycles. The number of nitrogens with zero attached hydrogens (tertiary/aromatic N) is 1. The summed E-state index contributed by atoms with van der Waals surface area (Å²) in [7, 11) is 1.69. The molecule has 0 heterocycles. The van der Waals surface area contributed by atoms with Crippen LogP contribution in [-0.4, -0.2) is 25.5 Å². The van der Waals surface area contributed by atoms with Crippen molar-refractivity contribution in [3.8, 4) is 0 Å². The molecule has 0 radical (unpaired) electrons. The number of esters is 1. The van der Waals surface area contributed by atoms with Gasteiger partial charge in [0.15, 0.2) is 0 Å². The van der Waals surface area contributed by atoms with E-state index in [9.17, 15) is 9.59 Å². The summed E-state index contributed by atoms with van der Waals surface area (Å²) in [6.45, 7) is 2.05. The van der Waals surface area contributed by atoms with E-state index < -0.39 is 11.4 Å². The molecular weight excluding hydrogens is 310 g/mol. The van der Waals surface area contributed by atoms with Crippen LogP contribution in [0.4, 0.5) is 5.69 Å². The molecular formula is C14H16BrNO3. The summed E-state index contributed by atoms with van der Waals surface area (Å²) in [6, 6.07) is 7.40. The molecule has 0 N–H and O–H groups in total. The summed E-state index contributed by atoms with van der Waals surface area (Å²) < 4.78 is 5.95. The second-order valence-electron chi connectivity index (χ2n) is 4.64. The first-order chi connectivity index (χ1) is 9.01. The van der Waals surface area contributed by atoms with E-state index in [2.05, 4.69) is 15.9 Å². The van der Waals surface area contributed by atoms with Gasteiger partial charge in [-0.1, -0.05) is 15.9 Å². The first-order valence-corrected chi connectivity index (χ1v) is 7.01. The number of amides is 1. The molecule has 0 aliphatic heterocycles. The third-order valence-electron chi connectivity index (χ3n) is 3.34. The van der Waals surface area contributed by atoms with Gasteiger partial charge in [-0.3, -0.25) is 9.59 Å². The normalized spacial score (nSPS) is 15.7. The Kier molecular flexibility index (Phi) is 3.94. The van der Waals surface area contributed by atoms with Crippen molar-refractivity contribution in [2.24, 2.45) is 5.41 Å². The highest BCUT2D eigenvalue weighted by Crippen LogP contribution is 2.48. The van der Waals surface area contributed by atoms with Gasteiger partial charge in [0.2, 0.25) is 5.91 Å². The van der Waals surface area contributed by atoms with E-state index in [4.69, 9.17) is 4.74 Å². The van der Waals surface area contributed by atoms with Gasteiger partial charge in [-0.25, -0.2) is 0 Å². The topological polar surface area (TPSA) is 46.6 Å². The highest BCUT2D eigenvalue weighted by atomic mass is 79.9. The van der Waals surface area contributed by atoms with Crippen LogP contribution in [0.15, 0.2) is 28.7 Å². The predicted molar refractivity (Wildman–Crippen MR) is 75.9 cm³/mol. The van der Waals surface area contributed by atoms with Crippen molar-refractivity contribution in [1.29, 1.82) is 0 Å². The zero-order chi connectivity index (χ0) is 14.0. The minimum absolute atomic E-state index is 0.187. The maximum Gasteiger partial charge on any atom is 0.321 e. The molecule has 0 bridgehead atoms. The van der Waals surface area contributed by atoms with E-state index in [0.29, 0.717) is 19.4 Å². The lowest BCUT2D eigenvalue weighted by Crippen LogP contribution is -2.39. The number of rotatable bonds is 4. The highest BCUT2D eigenvalue weighted by molar-refractivity contribution is 9.10. The number of halogens is 1. The monoisotopic (exact) mass is 325 g/mol. The number of hydrogen-bond acceptors (Lipinski definition) is 3. The van der Waals surface area contributed by atoms with Crippen molar-refractivity contribution in [3.63, 3.8) is 0 Å². The Hall–Kier alpha value is -1.36. The lowest BCUT2D eigenvalue weighted by atomic mass is 10.1. The molecule has 0 saturated heterocycles. The summed E-state index contributed by atoms with van der Waals surface area (Å²) in [4.78, 5) is 25.8. The zero-order valence-corrected chi connectivity index (χ0v) is 12.6. The van der Waals surface area contributed by atoms with Crippen molar-refractivity contribution in [2.75, 3.05) is 18.6 Å². The van der Waals surface area contributed by atoms with Crippen LogP contribution in [0.2, 0.25) is 0 Å². The van der Waals surface area contributed by atoms with E-state index in [1.165, 1.54) is 4.90 Å². The fraction of sp³-hybridized carbons (Fsp3) is 0.429. The van der Waals surface area contributed by atoms with Gasteiger partial charge >= 0.3 is 5.97 Å². The van der Waals surface area contributed by atoms with Crippen LogP contribution < -0.4 is 4.90 Å².